The van der Waals surface area contributed by atoms with Crippen molar-refractivity contribution in [3.05, 3.63) is 29.3 Å². The first-order valence-electron chi connectivity index (χ1n) is 11.6. The molecule has 0 saturated heterocycles. The standard InChI is InChI=1S/C34H6F12O3/c1-2-3-4-5-6-7-8-9-10-11-12-13-14-15-16-17-18-19-20-21-22-49-28-24-26(29(47,31(35,36)37)32(38,39)40)23-27(25-28)30(48,33(41,42)43)34(44,45)46/h1,23-25,47-48H. The first-order valence-corrected chi connectivity index (χ1v) is 11.6. The second-order valence-corrected chi connectivity index (χ2v) is 7.88. The van der Waals surface area contributed by atoms with Crippen molar-refractivity contribution in [2.45, 2.75) is 35.9 Å². The highest BCUT2D eigenvalue weighted by Gasteiger charge is 2.74. The van der Waals surface area contributed by atoms with Crippen molar-refractivity contribution in [3.63, 3.8) is 0 Å². The van der Waals surface area contributed by atoms with Gasteiger partial charge in [-0.2, -0.15) is 52.7 Å². The minimum atomic E-state index is -6.74. The fourth-order valence-electron chi connectivity index (χ4n) is 2.73. The summed E-state index contributed by atoms with van der Waals surface area (Å²) >= 11 is 0. The van der Waals surface area contributed by atoms with Gasteiger partial charge in [0.1, 0.15) is 11.9 Å². The minimum absolute atomic E-state index is 0.391. The molecule has 0 aliphatic rings. The van der Waals surface area contributed by atoms with E-state index in [-0.39, 0.29) is 0 Å². The van der Waals surface area contributed by atoms with E-state index in [4.69, 9.17) is 6.42 Å². The van der Waals surface area contributed by atoms with E-state index < -0.39 is 71.0 Å². The predicted octanol–water partition coefficient (Wildman–Crippen LogP) is 4.31. The van der Waals surface area contributed by atoms with Gasteiger partial charge < -0.3 is 14.9 Å². The molecular formula is C34H6F12O3. The summed E-state index contributed by atoms with van der Waals surface area (Å²) in [4.78, 5) is 0. The van der Waals surface area contributed by atoms with Crippen LogP contribution in [-0.4, -0.2) is 34.9 Å². The molecule has 0 aliphatic heterocycles. The number of terminal acetylenes is 1. The quantitative estimate of drug-likeness (QED) is 0.368. The maximum atomic E-state index is 13.4. The average Bonchev–Trinajstić information content (AvgIpc) is 2.98. The Balaban J connectivity index is 3.31. The average molecular weight is 690 g/mol. The Morgan fingerprint density at radius 3 is 0.898 bits per heavy atom. The van der Waals surface area contributed by atoms with E-state index in [1.165, 1.54) is 6.11 Å². The van der Waals surface area contributed by atoms with E-state index >= 15 is 0 Å². The number of hydrogen-bond donors (Lipinski definition) is 2. The van der Waals surface area contributed by atoms with Crippen LogP contribution in [0.2, 0.25) is 0 Å². The number of aliphatic hydroxyl groups is 2. The largest absolute Gasteiger partial charge is 0.430 e. The SMILES string of the molecule is C#CC#CC#CC#CC#CC#CC#CC#CC#CC#CC#COc1cc(C(O)(C(F)(F)F)C(F)(F)F)cc(C(O)(C(F)(F)F)C(F)(F)F)c1. The predicted molar refractivity (Wildman–Crippen MR) is 146 cm³/mol. The highest BCUT2D eigenvalue weighted by atomic mass is 19.4. The number of ether oxygens (including phenoxy) is 1. The molecule has 0 heterocycles. The summed E-state index contributed by atoms with van der Waals surface area (Å²) in [5, 5.41) is 19.1. The molecule has 1 aromatic rings. The van der Waals surface area contributed by atoms with E-state index in [0.717, 1.165) is 0 Å². The third kappa shape index (κ3) is 10.9. The minimum Gasteiger partial charge on any atom is -0.407 e. The number of alkyl halides is 12. The Bertz CT molecular complexity index is 2060. The molecule has 0 unspecified atom stereocenters. The Labute approximate surface area is 269 Å². The van der Waals surface area contributed by atoms with Gasteiger partial charge in [0.2, 0.25) is 0 Å². The van der Waals surface area contributed by atoms with Crippen molar-refractivity contribution in [3.8, 4) is 137 Å². The first-order chi connectivity index (χ1) is 22.6. The van der Waals surface area contributed by atoms with Crippen molar-refractivity contribution < 1.29 is 67.6 Å². The number of rotatable bonds is 3. The molecule has 0 atom stereocenters. The summed E-state index contributed by atoms with van der Waals surface area (Å²) in [7, 11) is 0. The van der Waals surface area contributed by atoms with Crippen LogP contribution in [0.5, 0.6) is 5.75 Å². The molecule has 0 spiro atoms. The lowest BCUT2D eigenvalue weighted by molar-refractivity contribution is -0.378. The van der Waals surface area contributed by atoms with E-state index in [1.54, 1.807) is 5.92 Å². The molecule has 0 radical (unpaired) electrons. The Hall–Kier alpha value is -6.74. The van der Waals surface area contributed by atoms with Gasteiger partial charge in [0.15, 0.2) is 0 Å². The molecule has 2 N–H and O–H groups in total. The topological polar surface area (TPSA) is 49.7 Å². The zero-order chi connectivity index (χ0) is 37.4. The number of benzene rings is 1. The molecule has 0 saturated carbocycles. The normalized spacial score (nSPS) is 10.2. The van der Waals surface area contributed by atoms with Gasteiger partial charge in [-0.15, -0.1) is 6.42 Å². The lowest BCUT2D eigenvalue weighted by Gasteiger charge is -2.36. The lowest BCUT2D eigenvalue weighted by atomic mass is 9.85. The van der Waals surface area contributed by atoms with Crippen LogP contribution in [0.15, 0.2) is 18.2 Å². The zero-order valence-electron chi connectivity index (χ0n) is 23.1. The summed E-state index contributed by atoms with van der Waals surface area (Å²) in [6.07, 6.45) is -20.6. The van der Waals surface area contributed by atoms with Crippen LogP contribution in [0.3, 0.4) is 0 Å². The summed E-state index contributed by atoms with van der Waals surface area (Å²) in [6.45, 7) is 0. The molecule has 0 bridgehead atoms. The van der Waals surface area contributed by atoms with Gasteiger partial charge in [-0.25, -0.2) is 0 Å². The van der Waals surface area contributed by atoms with E-state index in [2.05, 4.69) is 99.5 Å². The molecule has 0 amide bonds. The molecular weight excluding hydrogens is 684 g/mol. The van der Waals surface area contributed by atoms with E-state index in [9.17, 15) is 62.9 Å². The summed E-state index contributed by atoms with van der Waals surface area (Å²) in [5.41, 5.74) is -17.3. The van der Waals surface area contributed by atoms with Crippen LogP contribution in [0.4, 0.5) is 52.7 Å². The molecule has 1 aromatic carbocycles. The zero-order valence-corrected chi connectivity index (χ0v) is 23.1. The Morgan fingerprint density at radius 1 is 0.408 bits per heavy atom. The molecule has 49 heavy (non-hydrogen) atoms. The summed E-state index contributed by atoms with van der Waals surface area (Å²) in [5.74, 6) is 42.5. The molecule has 1 rings (SSSR count). The Kier molecular flexibility index (Phi) is 13.7. The fraction of sp³-hybridized carbons (Fsp3) is 0.176. The molecule has 244 valence electrons. The molecule has 0 aromatic heterocycles. The fourth-order valence-corrected chi connectivity index (χ4v) is 2.73. The van der Waals surface area contributed by atoms with Gasteiger partial charge >= 0.3 is 24.7 Å². The van der Waals surface area contributed by atoms with Crippen LogP contribution in [0.1, 0.15) is 11.1 Å². The van der Waals surface area contributed by atoms with Gasteiger partial charge in [0, 0.05) is 82.2 Å². The van der Waals surface area contributed by atoms with Gasteiger partial charge in [0.05, 0.1) is 0 Å². The van der Waals surface area contributed by atoms with Crippen LogP contribution in [0.25, 0.3) is 0 Å². The molecule has 15 heteroatoms. The van der Waals surface area contributed by atoms with Gasteiger partial charge in [-0.3, -0.25) is 0 Å². The monoisotopic (exact) mass is 690 g/mol. The highest BCUT2D eigenvalue weighted by molar-refractivity contribution is 5.48. The van der Waals surface area contributed by atoms with Crippen LogP contribution in [-0.2, 0) is 11.2 Å². The van der Waals surface area contributed by atoms with E-state index in [0.29, 0.717) is 0 Å². The van der Waals surface area contributed by atoms with Crippen molar-refractivity contribution in [2.24, 2.45) is 0 Å². The van der Waals surface area contributed by atoms with Gasteiger partial charge in [-0.1, -0.05) is 0 Å². The number of hydrogen-bond acceptors (Lipinski definition) is 3. The smallest absolute Gasteiger partial charge is 0.407 e. The van der Waals surface area contributed by atoms with Crippen molar-refractivity contribution in [1.82, 2.24) is 0 Å². The third-order valence-corrected chi connectivity index (χ3v) is 4.80. The second kappa shape index (κ2) is 16.7. The summed E-state index contributed by atoms with van der Waals surface area (Å²) in [6, 6.07) is -1.75. The van der Waals surface area contributed by atoms with Crippen molar-refractivity contribution in [1.29, 1.82) is 0 Å². The maximum Gasteiger partial charge on any atom is 0.430 e. The Morgan fingerprint density at radius 2 is 0.653 bits per heavy atom. The van der Waals surface area contributed by atoms with Gasteiger partial charge in [-0.05, 0) is 65.6 Å². The maximum absolute atomic E-state index is 13.4. The van der Waals surface area contributed by atoms with Crippen molar-refractivity contribution >= 4 is 0 Å². The molecule has 0 aliphatic carbocycles. The number of halogens is 12. The highest BCUT2D eigenvalue weighted by Crippen LogP contribution is 2.54. The van der Waals surface area contributed by atoms with Crippen LogP contribution < -0.4 is 4.74 Å². The lowest BCUT2D eigenvalue weighted by Crippen LogP contribution is -2.55. The van der Waals surface area contributed by atoms with Gasteiger partial charge in [0.25, 0.3) is 11.2 Å². The van der Waals surface area contributed by atoms with Crippen molar-refractivity contribution in [2.75, 3.05) is 0 Å². The summed E-state index contributed by atoms with van der Waals surface area (Å²) < 4.78 is 165. The molecule has 3 nitrogen and oxygen atoms in total. The van der Waals surface area contributed by atoms with Crippen LogP contribution in [0, 0.1) is 131 Å². The molecule has 0 fully saturated rings. The van der Waals surface area contributed by atoms with E-state index in [1.807, 2.05) is 17.8 Å². The second-order valence-electron chi connectivity index (χ2n) is 7.88. The first kappa shape index (κ1) is 40.3. The third-order valence-electron chi connectivity index (χ3n) is 4.80. The van der Waals surface area contributed by atoms with Crippen LogP contribution >= 0.6 is 0 Å².